The van der Waals surface area contributed by atoms with E-state index in [4.69, 9.17) is 20.9 Å². The molecule has 0 heterocycles. The molecule has 0 aliphatic heterocycles. The Balaban J connectivity index is 0.000000235. The van der Waals surface area contributed by atoms with E-state index < -0.39 is 0 Å². The summed E-state index contributed by atoms with van der Waals surface area (Å²) in [4.78, 5) is 10.9. The van der Waals surface area contributed by atoms with E-state index in [1.165, 1.54) is 0 Å². The van der Waals surface area contributed by atoms with Crippen molar-refractivity contribution in [2.45, 2.75) is 0 Å². The number of hydrogen-bond donors (Lipinski definition) is 3. The summed E-state index contributed by atoms with van der Waals surface area (Å²) in [5.74, 6) is 1.39. The second kappa shape index (κ2) is 9.25. The minimum atomic E-state index is -0.204. The Kier molecular flexibility index (Phi) is 7.28. The first-order valence-electron chi connectivity index (χ1n) is 6.62. The van der Waals surface area contributed by atoms with Gasteiger partial charge in [-0.2, -0.15) is 0 Å². The fraction of sp³-hybridized carbons (Fsp3) is 0.188. The zero-order valence-electron chi connectivity index (χ0n) is 12.7. The Bertz CT molecular complexity index is 568. The van der Waals surface area contributed by atoms with Gasteiger partial charge < -0.3 is 26.3 Å². The van der Waals surface area contributed by atoms with E-state index in [9.17, 15) is 4.79 Å². The molecule has 5 N–H and O–H groups in total. The normalized spacial score (nSPS) is 9.23. The van der Waals surface area contributed by atoms with Gasteiger partial charge in [0.15, 0.2) is 0 Å². The van der Waals surface area contributed by atoms with E-state index in [0.717, 1.165) is 22.9 Å². The van der Waals surface area contributed by atoms with Gasteiger partial charge in [-0.05, 0) is 48.5 Å². The molecule has 1 amide bonds. The smallest absolute Gasteiger partial charge is 0.238 e. The number of methoxy groups -OCH3 is 2. The molecule has 22 heavy (non-hydrogen) atoms. The average Bonchev–Trinajstić information content (AvgIpc) is 2.57. The molecule has 0 fully saturated rings. The van der Waals surface area contributed by atoms with E-state index >= 15 is 0 Å². The molecule has 2 aromatic rings. The van der Waals surface area contributed by atoms with Gasteiger partial charge in [0, 0.05) is 11.4 Å². The molecule has 118 valence electrons. The van der Waals surface area contributed by atoms with Crippen molar-refractivity contribution >= 4 is 17.3 Å². The highest BCUT2D eigenvalue weighted by atomic mass is 16.5. The van der Waals surface area contributed by atoms with Gasteiger partial charge in [-0.25, -0.2) is 0 Å². The maximum absolute atomic E-state index is 10.9. The van der Waals surface area contributed by atoms with Crippen LogP contribution in [0.5, 0.6) is 11.5 Å². The lowest BCUT2D eigenvalue weighted by Gasteiger charge is -2.04. The molecular weight excluding hydrogens is 282 g/mol. The summed E-state index contributed by atoms with van der Waals surface area (Å²) in [5, 5.41) is 2.62. The van der Waals surface area contributed by atoms with Crippen molar-refractivity contribution in [3.63, 3.8) is 0 Å². The maximum atomic E-state index is 10.9. The van der Waals surface area contributed by atoms with Crippen LogP contribution in [-0.2, 0) is 4.79 Å². The zero-order valence-corrected chi connectivity index (χ0v) is 12.7. The lowest BCUT2D eigenvalue weighted by atomic mass is 10.3. The minimum absolute atomic E-state index is 0.00791. The number of nitrogens with two attached hydrogens (primary N) is 2. The number of ether oxygens (including phenoxy) is 2. The third kappa shape index (κ3) is 6.15. The van der Waals surface area contributed by atoms with Gasteiger partial charge in [0.1, 0.15) is 11.5 Å². The fourth-order valence-electron chi connectivity index (χ4n) is 1.49. The topological polar surface area (TPSA) is 99.6 Å². The van der Waals surface area contributed by atoms with Crippen molar-refractivity contribution in [2.75, 3.05) is 31.8 Å². The van der Waals surface area contributed by atoms with Crippen LogP contribution in [0.25, 0.3) is 0 Å². The van der Waals surface area contributed by atoms with Crippen LogP contribution < -0.4 is 26.3 Å². The highest BCUT2D eigenvalue weighted by Crippen LogP contribution is 2.14. The number of nitrogens with one attached hydrogen (secondary N) is 1. The molecule has 0 bridgehead atoms. The molecule has 0 spiro atoms. The van der Waals surface area contributed by atoms with Gasteiger partial charge in [-0.1, -0.05) is 0 Å². The van der Waals surface area contributed by atoms with Crippen LogP contribution >= 0.6 is 0 Å². The van der Waals surface area contributed by atoms with Gasteiger partial charge in [0.05, 0.1) is 20.8 Å². The van der Waals surface area contributed by atoms with Crippen LogP contribution in [-0.4, -0.2) is 26.7 Å². The summed E-state index contributed by atoms with van der Waals surface area (Å²) >= 11 is 0. The third-order valence-electron chi connectivity index (χ3n) is 2.67. The lowest BCUT2D eigenvalue weighted by Crippen LogP contribution is -2.21. The number of hydrogen-bond acceptors (Lipinski definition) is 5. The molecule has 2 aromatic carbocycles. The van der Waals surface area contributed by atoms with Gasteiger partial charge in [0.2, 0.25) is 5.91 Å². The molecule has 6 heteroatoms. The second-order valence-corrected chi connectivity index (χ2v) is 4.25. The first kappa shape index (κ1) is 17.3. The second-order valence-electron chi connectivity index (χ2n) is 4.25. The predicted octanol–water partition coefficient (Wildman–Crippen LogP) is 1.87. The van der Waals surface area contributed by atoms with Crippen LogP contribution in [0.4, 0.5) is 11.4 Å². The molecule has 0 radical (unpaired) electrons. The molecule has 6 nitrogen and oxygen atoms in total. The molecule has 0 atom stereocenters. The van der Waals surface area contributed by atoms with Crippen LogP contribution in [0.15, 0.2) is 48.5 Å². The molecule has 0 saturated heterocycles. The number of carbonyl (C=O) groups is 1. The molecule has 0 aromatic heterocycles. The minimum Gasteiger partial charge on any atom is -0.497 e. The van der Waals surface area contributed by atoms with Gasteiger partial charge >= 0.3 is 0 Å². The summed E-state index contributed by atoms with van der Waals surface area (Å²) in [6.45, 7) is -0.00791. The van der Waals surface area contributed by atoms with Crippen LogP contribution in [0, 0.1) is 0 Å². The summed E-state index contributed by atoms with van der Waals surface area (Å²) in [7, 11) is 3.22. The molecular formula is C16H21N3O3. The molecule has 0 aliphatic rings. The molecule has 2 rings (SSSR count). The van der Waals surface area contributed by atoms with E-state index in [1.807, 2.05) is 12.1 Å². The number of amides is 1. The Morgan fingerprint density at radius 2 is 1.41 bits per heavy atom. The molecule has 0 aliphatic carbocycles. The monoisotopic (exact) mass is 303 g/mol. The Morgan fingerprint density at radius 3 is 1.82 bits per heavy atom. The van der Waals surface area contributed by atoms with Crippen molar-refractivity contribution in [1.29, 1.82) is 0 Å². The standard InChI is InChI=1S/C9H12N2O2.C7H9NO/c1-13-8-4-2-7(3-5-8)11-9(12)6-10;1-9-7-4-2-6(8)3-5-7/h2-5H,6,10H2,1H3,(H,11,12);2-5H,8H2,1H3. The van der Waals surface area contributed by atoms with E-state index in [0.29, 0.717) is 0 Å². The van der Waals surface area contributed by atoms with Crippen molar-refractivity contribution in [3.05, 3.63) is 48.5 Å². The van der Waals surface area contributed by atoms with Crippen molar-refractivity contribution in [2.24, 2.45) is 5.73 Å². The molecule has 0 unspecified atom stereocenters. The third-order valence-corrected chi connectivity index (χ3v) is 2.67. The van der Waals surface area contributed by atoms with Crippen molar-refractivity contribution < 1.29 is 14.3 Å². The van der Waals surface area contributed by atoms with E-state index in [1.54, 1.807) is 50.6 Å². The number of rotatable bonds is 4. The highest BCUT2D eigenvalue weighted by Gasteiger charge is 1.98. The molecule has 0 saturated carbocycles. The summed E-state index contributed by atoms with van der Waals surface area (Å²) in [6, 6.07) is 14.3. The SMILES string of the molecule is COc1ccc(N)cc1.COc1ccc(NC(=O)CN)cc1. The summed E-state index contributed by atoms with van der Waals surface area (Å²) in [6.07, 6.45) is 0. The fourth-order valence-corrected chi connectivity index (χ4v) is 1.49. The number of benzene rings is 2. The largest absolute Gasteiger partial charge is 0.497 e. The highest BCUT2D eigenvalue weighted by molar-refractivity contribution is 5.92. The first-order valence-corrected chi connectivity index (χ1v) is 6.62. The number of nitrogen functional groups attached to an aromatic ring is 1. The Morgan fingerprint density at radius 1 is 0.955 bits per heavy atom. The van der Waals surface area contributed by atoms with Crippen molar-refractivity contribution in [1.82, 2.24) is 0 Å². The average molecular weight is 303 g/mol. The van der Waals surface area contributed by atoms with E-state index in [-0.39, 0.29) is 12.5 Å². The predicted molar refractivity (Wildman–Crippen MR) is 88.1 cm³/mol. The maximum Gasteiger partial charge on any atom is 0.238 e. The van der Waals surface area contributed by atoms with Crippen LogP contribution in [0.3, 0.4) is 0 Å². The Hall–Kier alpha value is -2.73. The van der Waals surface area contributed by atoms with Gasteiger partial charge in [-0.15, -0.1) is 0 Å². The van der Waals surface area contributed by atoms with Gasteiger partial charge in [-0.3, -0.25) is 4.79 Å². The zero-order chi connectivity index (χ0) is 16.4. The summed E-state index contributed by atoms with van der Waals surface area (Å²) in [5.41, 5.74) is 12.0. The van der Waals surface area contributed by atoms with Crippen LogP contribution in [0.2, 0.25) is 0 Å². The van der Waals surface area contributed by atoms with Gasteiger partial charge in [0.25, 0.3) is 0 Å². The quantitative estimate of drug-likeness (QED) is 0.749. The number of carbonyl (C=O) groups excluding carboxylic acids is 1. The first-order chi connectivity index (χ1) is 10.6. The van der Waals surface area contributed by atoms with Crippen molar-refractivity contribution in [3.8, 4) is 11.5 Å². The summed E-state index contributed by atoms with van der Waals surface area (Å²) < 4.78 is 9.88. The Labute approximate surface area is 130 Å². The lowest BCUT2D eigenvalue weighted by molar-refractivity contribution is -0.114. The van der Waals surface area contributed by atoms with E-state index in [2.05, 4.69) is 5.32 Å². The number of anilines is 2. The van der Waals surface area contributed by atoms with Crippen LogP contribution in [0.1, 0.15) is 0 Å².